The largest absolute Gasteiger partial charge is 0.391 e. The minimum Gasteiger partial charge on any atom is -0.391 e. The molecule has 9 nitrogen and oxygen atoms in total. The predicted octanol–water partition coefficient (Wildman–Crippen LogP) is 0.457. The first-order valence-corrected chi connectivity index (χ1v) is 6.99. The lowest BCUT2D eigenvalue weighted by Gasteiger charge is -2.12. The third kappa shape index (κ3) is 4.35. The molecule has 0 bridgehead atoms. The minimum absolute atomic E-state index is 0.367. The fourth-order valence-electron chi connectivity index (χ4n) is 1.74. The summed E-state index contributed by atoms with van der Waals surface area (Å²) in [5, 5.41) is 19.8. The number of aromatic nitrogens is 6. The number of nitrogens with zero attached hydrogens (tertiary/aromatic N) is 6. The van der Waals surface area contributed by atoms with E-state index in [2.05, 4.69) is 35.7 Å². The van der Waals surface area contributed by atoms with Gasteiger partial charge in [0.05, 0.1) is 6.10 Å². The summed E-state index contributed by atoms with van der Waals surface area (Å²) in [5.41, 5.74) is 0. The average Bonchev–Trinajstić information content (AvgIpc) is 3.00. The molecule has 2 aromatic heterocycles. The van der Waals surface area contributed by atoms with Gasteiger partial charge in [0.25, 0.3) is 5.95 Å². The molecule has 0 amide bonds. The van der Waals surface area contributed by atoms with E-state index in [1.54, 1.807) is 0 Å². The molecular formula is C12H20N8O. The molecule has 0 radical (unpaired) electrons. The molecule has 114 valence electrons. The summed E-state index contributed by atoms with van der Waals surface area (Å²) in [7, 11) is 0. The average molecular weight is 292 g/mol. The Labute approximate surface area is 122 Å². The molecule has 2 rings (SSSR count). The highest BCUT2D eigenvalue weighted by molar-refractivity contribution is 5.37. The van der Waals surface area contributed by atoms with Crippen molar-refractivity contribution in [1.82, 2.24) is 29.7 Å². The van der Waals surface area contributed by atoms with Crippen LogP contribution in [0.25, 0.3) is 5.95 Å². The maximum absolute atomic E-state index is 9.76. The Morgan fingerprint density at radius 1 is 1.19 bits per heavy atom. The van der Waals surface area contributed by atoms with Gasteiger partial charge in [-0.05, 0) is 13.3 Å². The van der Waals surface area contributed by atoms with Gasteiger partial charge in [-0.2, -0.15) is 24.7 Å². The molecule has 1 atom stereocenters. The van der Waals surface area contributed by atoms with Gasteiger partial charge in [-0.15, -0.1) is 0 Å². The molecule has 0 spiro atoms. The predicted molar refractivity (Wildman–Crippen MR) is 78.3 cm³/mol. The first kappa shape index (κ1) is 15.1. The molecule has 0 aromatic carbocycles. The van der Waals surface area contributed by atoms with E-state index in [4.69, 9.17) is 0 Å². The van der Waals surface area contributed by atoms with Crippen LogP contribution >= 0.6 is 0 Å². The Bertz CT molecular complexity index is 544. The first-order chi connectivity index (χ1) is 10.2. The van der Waals surface area contributed by atoms with Crippen molar-refractivity contribution < 1.29 is 5.11 Å². The van der Waals surface area contributed by atoms with E-state index in [9.17, 15) is 5.11 Å². The molecule has 2 aromatic rings. The number of hydrogen-bond acceptors (Lipinski definition) is 8. The molecule has 0 saturated heterocycles. The highest BCUT2D eigenvalue weighted by atomic mass is 16.3. The zero-order valence-electron chi connectivity index (χ0n) is 12.2. The summed E-state index contributed by atoms with van der Waals surface area (Å²) in [6, 6.07) is 0. The van der Waals surface area contributed by atoms with Crippen molar-refractivity contribution in [3.8, 4) is 5.95 Å². The zero-order chi connectivity index (χ0) is 15.1. The molecule has 9 heteroatoms. The molecular weight excluding hydrogens is 272 g/mol. The van der Waals surface area contributed by atoms with Crippen molar-refractivity contribution in [2.75, 3.05) is 23.7 Å². The van der Waals surface area contributed by atoms with E-state index < -0.39 is 6.10 Å². The van der Waals surface area contributed by atoms with Gasteiger partial charge in [0, 0.05) is 13.1 Å². The number of nitrogens with one attached hydrogen (secondary N) is 2. The molecule has 1 unspecified atom stereocenters. The molecule has 2 heterocycles. The Balaban J connectivity index is 2.16. The lowest BCUT2D eigenvalue weighted by atomic mass is 10.2. The summed E-state index contributed by atoms with van der Waals surface area (Å²) in [6.07, 6.45) is 4.15. The molecule has 0 aliphatic rings. The second-order valence-corrected chi connectivity index (χ2v) is 4.48. The van der Waals surface area contributed by atoms with Gasteiger partial charge in [0.1, 0.15) is 12.7 Å². The number of anilines is 2. The monoisotopic (exact) mass is 292 g/mol. The van der Waals surface area contributed by atoms with Crippen molar-refractivity contribution in [2.45, 2.75) is 32.8 Å². The van der Waals surface area contributed by atoms with E-state index >= 15 is 0 Å². The SMILES string of the molecule is CCCC(O)CNc1nc(NCC)nc(-n2cncn2)n1. The van der Waals surface area contributed by atoms with Crippen LogP contribution in [0.15, 0.2) is 12.7 Å². The van der Waals surface area contributed by atoms with Gasteiger partial charge in [-0.3, -0.25) is 0 Å². The zero-order valence-corrected chi connectivity index (χ0v) is 12.2. The fraction of sp³-hybridized carbons (Fsp3) is 0.583. The van der Waals surface area contributed by atoms with Crippen LogP contribution in [0.4, 0.5) is 11.9 Å². The summed E-state index contributed by atoms with van der Waals surface area (Å²) < 4.78 is 1.45. The normalized spacial score (nSPS) is 12.1. The van der Waals surface area contributed by atoms with Gasteiger partial charge in [0.2, 0.25) is 11.9 Å². The van der Waals surface area contributed by atoms with Crippen molar-refractivity contribution in [3.63, 3.8) is 0 Å². The van der Waals surface area contributed by atoms with Crippen LogP contribution in [0.5, 0.6) is 0 Å². The van der Waals surface area contributed by atoms with Gasteiger partial charge in [-0.25, -0.2) is 4.98 Å². The Hall–Kier alpha value is -2.29. The molecule has 0 aliphatic carbocycles. The molecule has 0 fully saturated rings. The van der Waals surface area contributed by atoms with Crippen LogP contribution in [-0.2, 0) is 0 Å². The molecule has 0 aliphatic heterocycles. The third-order valence-corrected chi connectivity index (χ3v) is 2.70. The summed E-state index contributed by atoms with van der Waals surface area (Å²) in [5.74, 6) is 1.21. The van der Waals surface area contributed by atoms with Gasteiger partial charge in [-0.1, -0.05) is 13.3 Å². The van der Waals surface area contributed by atoms with Crippen LogP contribution in [0.3, 0.4) is 0 Å². The Kier molecular flexibility index (Phi) is 5.38. The standard InChI is InChI=1S/C12H20N8O/c1-3-5-9(21)6-15-11-17-10(14-4-2)18-12(19-11)20-8-13-7-16-20/h7-9,21H,3-6H2,1-2H3,(H2,14,15,17,18,19). The maximum Gasteiger partial charge on any atom is 0.258 e. The Morgan fingerprint density at radius 2 is 1.95 bits per heavy atom. The van der Waals surface area contributed by atoms with Gasteiger partial charge < -0.3 is 15.7 Å². The van der Waals surface area contributed by atoms with Crippen molar-refractivity contribution in [1.29, 1.82) is 0 Å². The quantitative estimate of drug-likeness (QED) is 0.643. The lowest BCUT2D eigenvalue weighted by molar-refractivity contribution is 0.176. The van der Waals surface area contributed by atoms with Crippen molar-refractivity contribution in [3.05, 3.63) is 12.7 Å². The van der Waals surface area contributed by atoms with Crippen molar-refractivity contribution >= 4 is 11.9 Å². The van der Waals surface area contributed by atoms with Gasteiger partial charge in [0.15, 0.2) is 0 Å². The van der Waals surface area contributed by atoms with E-state index in [1.165, 1.54) is 17.3 Å². The van der Waals surface area contributed by atoms with Gasteiger partial charge >= 0.3 is 0 Å². The third-order valence-electron chi connectivity index (χ3n) is 2.70. The second kappa shape index (κ2) is 7.48. The highest BCUT2D eigenvalue weighted by Gasteiger charge is 2.10. The summed E-state index contributed by atoms with van der Waals surface area (Å²) in [4.78, 5) is 16.6. The van der Waals surface area contributed by atoms with Crippen LogP contribution in [0.2, 0.25) is 0 Å². The van der Waals surface area contributed by atoms with Crippen LogP contribution in [0.1, 0.15) is 26.7 Å². The molecule has 0 saturated carbocycles. The lowest BCUT2D eigenvalue weighted by Crippen LogP contribution is -2.21. The number of hydrogen-bond donors (Lipinski definition) is 3. The summed E-state index contributed by atoms with van der Waals surface area (Å²) in [6.45, 7) is 5.06. The summed E-state index contributed by atoms with van der Waals surface area (Å²) >= 11 is 0. The van der Waals surface area contributed by atoms with Crippen LogP contribution < -0.4 is 10.6 Å². The number of rotatable bonds is 8. The van der Waals surface area contributed by atoms with Crippen LogP contribution in [0, 0.1) is 0 Å². The smallest absolute Gasteiger partial charge is 0.258 e. The maximum atomic E-state index is 9.76. The number of aliphatic hydroxyl groups is 1. The fourth-order valence-corrected chi connectivity index (χ4v) is 1.74. The topological polar surface area (TPSA) is 114 Å². The highest BCUT2D eigenvalue weighted by Crippen LogP contribution is 2.08. The van der Waals surface area contributed by atoms with Crippen molar-refractivity contribution in [2.24, 2.45) is 0 Å². The van der Waals surface area contributed by atoms with E-state index in [1.807, 2.05) is 13.8 Å². The van der Waals surface area contributed by atoms with E-state index in [0.29, 0.717) is 30.9 Å². The first-order valence-electron chi connectivity index (χ1n) is 6.99. The Morgan fingerprint density at radius 3 is 2.57 bits per heavy atom. The molecule has 3 N–H and O–H groups in total. The number of aliphatic hydroxyl groups excluding tert-OH is 1. The van der Waals surface area contributed by atoms with Crippen LogP contribution in [-0.4, -0.2) is 54.0 Å². The van der Waals surface area contributed by atoms with E-state index in [0.717, 1.165) is 12.8 Å². The minimum atomic E-state index is -0.427. The second-order valence-electron chi connectivity index (χ2n) is 4.48. The molecule has 21 heavy (non-hydrogen) atoms. The van der Waals surface area contributed by atoms with E-state index in [-0.39, 0.29) is 0 Å².